The first-order valence-corrected chi connectivity index (χ1v) is 7.29. The molecule has 0 saturated heterocycles. The number of thiophene rings is 1. The number of aliphatic hydroxyl groups excluding tert-OH is 1. The van der Waals surface area contributed by atoms with E-state index in [1.165, 1.54) is 11.3 Å². The average molecular weight is 352 g/mol. The van der Waals surface area contributed by atoms with Gasteiger partial charge in [0.05, 0.1) is 13.3 Å². The molecule has 0 aromatic carbocycles. The first-order chi connectivity index (χ1) is 8.58. The maximum Gasteiger partial charge on any atom is 0.163 e. The van der Waals surface area contributed by atoms with Crippen molar-refractivity contribution in [1.82, 2.24) is 9.78 Å². The molecule has 98 valence electrons. The van der Waals surface area contributed by atoms with Crippen molar-refractivity contribution in [3.05, 3.63) is 31.6 Å². The molecule has 2 heterocycles. The zero-order valence-corrected chi connectivity index (χ0v) is 13.0. The molecule has 4 nitrogen and oxygen atoms in total. The summed E-state index contributed by atoms with van der Waals surface area (Å²) >= 11 is 10.7. The van der Waals surface area contributed by atoms with Crippen molar-refractivity contribution in [2.75, 3.05) is 7.11 Å². The highest BCUT2D eigenvalue weighted by atomic mass is 79.9. The summed E-state index contributed by atoms with van der Waals surface area (Å²) in [5, 5.41) is 14.6. The molecular weight excluding hydrogens is 340 g/mol. The Labute approximate surface area is 122 Å². The van der Waals surface area contributed by atoms with Gasteiger partial charge in [-0.3, -0.25) is 4.68 Å². The second kappa shape index (κ2) is 5.61. The van der Waals surface area contributed by atoms with Gasteiger partial charge in [-0.05, 0) is 28.9 Å². The summed E-state index contributed by atoms with van der Waals surface area (Å²) in [6.45, 7) is 2.62. The predicted molar refractivity (Wildman–Crippen MR) is 75.5 cm³/mol. The number of ether oxygens (including phenoxy) is 1. The maximum atomic E-state index is 10.4. The Kier molecular flexibility index (Phi) is 4.32. The van der Waals surface area contributed by atoms with Crippen molar-refractivity contribution in [2.45, 2.75) is 19.6 Å². The Morgan fingerprint density at radius 3 is 2.89 bits per heavy atom. The lowest BCUT2D eigenvalue weighted by Crippen LogP contribution is -2.09. The van der Waals surface area contributed by atoms with Crippen LogP contribution in [0.1, 0.15) is 23.6 Å². The Morgan fingerprint density at radius 1 is 1.67 bits per heavy atom. The van der Waals surface area contributed by atoms with Crippen molar-refractivity contribution in [1.29, 1.82) is 0 Å². The van der Waals surface area contributed by atoms with E-state index in [1.807, 2.05) is 13.0 Å². The quantitative estimate of drug-likeness (QED) is 0.917. The standard InChI is InChI=1S/C11H12BrClN2O2S/c1-3-15-9(7(17-2)5-14-15)10(16)8-4-6(12)11(13)18-8/h4-5,10,16H,3H2,1-2H3. The van der Waals surface area contributed by atoms with Crippen LogP contribution in [0, 0.1) is 0 Å². The van der Waals surface area contributed by atoms with Gasteiger partial charge < -0.3 is 9.84 Å². The molecular formula is C11H12BrClN2O2S. The summed E-state index contributed by atoms with van der Waals surface area (Å²) in [5.41, 5.74) is 0.644. The summed E-state index contributed by atoms with van der Waals surface area (Å²) in [6, 6.07) is 1.81. The first-order valence-electron chi connectivity index (χ1n) is 5.31. The number of hydrogen-bond donors (Lipinski definition) is 1. The lowest BCUT2D eigenvalue weighted by atomic mass is 10.2. The van der Waals surface area contributed by atoms with Gasteiger partial charge in [0.25, 0.3) is 0 Å². The number of aromatic nitrogens is 2. The van der Waals surface area contributed by atoms with Gasteiger partial charge in [0, 0.05) is 15.9 Å². The third kappa shape index (κ3) is 2.42. The largest absolute Gasteiger partial charge is 0.493 e. The first kappa shape index (κ1) is 13.9. The van der Waals surface area contributed by atoms with Crippen molar-refractivity contribution < 1.29 is 9.84 Å². The Balaban J connectivity index is 2.44. The Hall–Kier alpha value is -0.560. The SMILES string of the molecule is CCn1ncc(OC)c1C(O)c1cc(Br)c(Cl)s1. The molecule has 0 bridgehead atoms. The Bertz CT molecular complexity index is 514. The summed E-state index contributed by atoms with van der Waals surface area (Å²) in [5.74, 6) is 0.574. The molecule has 0 amide bonds. The van der Waals surface area contributed by atoms with Crippen LogP contribution >= 0.6 is 38.9 Å². The molecule has 1 N–H and O–H groups in total. The minimum Gasteiger partial charge on any atom is -0.493 e. The van der Waals surface area contributed by atoms with Crippen molar-refractivity contribution >= 4 is 38.9 Å². The lowest BCUT2D eigenvalue weighted by Gasteiger charge is -2.12. The third-order valence-corrected chi connectivity index (χ3v) is 5.08. The van der Waals surface area contributed by atoms with E-state index >= 15 is 0 Å². The highest BCUT2D eigenvalue weighted by molar-refractivity contribution is 9.10. The van der Waals surface area contributed by atoms with Gasteiger partial charge in [0.1, 0.15) is 16.1 Å². The molecule has 2 aromatic rings. The van der Waals surface area contributed by atoms with E-state index in [0.29, 0.717) is 22.3 Å². The van der Waals surface area contributed by atoms with Gasteiger partial charge >= 0.3 is 0 Å². The number of halogens is 2. The van der Waals surface area contributed by atoms with E-state index in [2.05, 4.69) is 21.0 Å². The molecule has 2 rings (SSSR count). The molecule has 0 saturated carbocycles. The van der Waals surface area contributed by atoms with E-state index in [4.69, 9.17) is 16.3 Å². The van der Waals surface area contributed by atoms with Crippen LogP contribution in [0.5, 0.6) is 5.75 Å². The smallest absolute Gasteiger partial charge is 0.163 e. The number of aliphatic hydroxyl groups is 1. The second-order valence-electron chi connectivity index (χ2n) is 3.59. The minimum atomic E-state index is -0.795. The van der Waals surface area contributed by atoms with Crippen LogP contribution in [0.15, 0.2) is 16.7 Å². The highest BCUT2D eigenvalue weighted by Crippen LogP contribution is 2.39. The van der Waals surface area contributed by atoms with E-state index in [-0.39, 0.29) is 0 Å². The average Bonchev–Trinajstić information content (AvgIpc) is 2.92. The molecule has 0 fully saturated rings. The molecule has 1 atom stereocenters. The lowest BCUT2D eigenvalue weighted by molar-refractivity contribution is 0.206. The van der Waals surface area contributed by atoms with Crippen LogP contribution in [0.25, 0.3) is 0 Å². The highest BCUT2D eigenvalue weighted by Gasteiger charge is 2.23. The number of rotatable bonds is 4. The van der Waals surface area contributed by atoms with E-state index < -0.39 is 6.10 Å². The summed E-state index contributed by atoms with van der Waals surface area (Å²) in [7, 11) is 1.56. The number of methoxy groups -OCH3 is 1. The van der Waals surface area contributed by atoms with Crippen LogP contribution in [0.3, 0.4) is 0 Å². The normalized spacial score (nSPS) is 12.7. The molecule has 7 heteroatoms. The predicted octanol–water partition coefficient (Wildman–Crippen LogP) is 3.47. The van der Waals surface area contributed by atoms with Gasteiger partial charge in [0.2, 0.25) is 0 Å². The van der Waals surface area contributed by atoms with Gasteiger partial charge in [-0.2, -0.15) is 5.10 Å². The fourth-order valence-electron chi connectivity index (χ4n) is 1.70. The second-order valence-corrected chi connectivity index (χ2v) is 6.13. The van der Waals surface area contributed by atoms with Gasteiger partial charge in [0.15, 0.2) is 5.75 Å². The van der Waals surface area contributed by atoms with E-state index in [1.54, 1.807) is 18.0 Å². The number of nitrogens with zero attached hydrogens (tertiary/aromatic N) is 2. The van der Waals surface area contributed by atoms with Crippen molar-refractivity contribution in [3.63, 3.8) is 0 Å². The zero-order chi connectivity index (χ0) is 13.3. The van der Waals surface area contributed by atoms with Crippen LogP contribution in [-0.2, 0) is 6.54 Å². The van der Waals surface area contributed by atoms with Gasteiger partial charge in [-0.15, -0.1) is 11.3 Å². The molecule has 1 unspecified atom stereocenters. The summed E-state index contributed by atoms with van der Waals surface area (Å²) < 4.78 is 8.34. The van der Waals surface area contributed by atoms with E-state index in [0.717, 1.165) is 9.35 Å². The summed E-state index contributed by atoms with van der Waals surface area (Å²) in [6.07, 6.45) is 0.808. The Morgan fingerprint density at radius 2 is 2.39 bits per heavy atom. The minimum absolute atomic E-state index is 0.574. The van der Waals surface area contributed by atoms with Crippen LogP contribution in [0.4, 0.5) is 0 Å². The molecule has 0 spiro atoms. The molecule has 0 radical (unpaired) electrons. The molecule has 0 aliphatic rings. The summed E-state index contributed by atoms with van der Waals surface area (Å²) in [4.78, 5) is 0.750. The molecule has 18 heavy (non-hydrogen) atoms. The molecule has 0 aliphatic carbocycles. The molecule has 2 aromatic heterocycles. The van der Waals surface area contributed by atoms with Crippen LogP contribution in [-0.4, -0.2) is 22.0 Å². The number of aryl methyl sites for hydroxylation is 1. The van der Waals surface area contributed by atoms with Gasteiger partial charge in [-0.25, -0.2) is 0 Å². The zero-order valence-electron chi connectivity index (χ0n) is 9.85. The van der Waals surface area contributed by atoms with E-state index in [9.17, 15) is 5.11 Å². The van der Waals surface area contributed by atoms with Crippen LogP contribution in [0.2, 0.25) is 4.34 Å². The fourth-order valence-corrected chi connectivity index (χ4v) is 3.42. The molecule has 0 aliphatic heterocycles. The fraction of sp³-hybridized carbons (Fsp3) is 0.364. The van der Waals surface area contributed by atoms with Crippen LogP contribution < -0.4 is 4.74 Å². The third-order valence-electron chi connectivity index (χ3n) is 2.56. The number of hydrogen-bond acceptors (Lipinski definition) is 4. The van der Waals surface area contributed by atoms with Gasteiger partial charge in [-0.1, -0.05) is 11.6 Å². The van der Waals surface area contributed by atoms with Crippen molar-refractivity contribution in [3.8, 4) is 5.75 Å². The maximum absolute atomic E-state index is 10.4. The van der Waals surface area contributed by atoms with Crippen molar-refractivity contribution in [2.24, 2.45) is 0 Å². The topological polar surface area (TPSA) is 47.3 Å². The monoisotopic (exact) mass is 350 g/mol.